The minimum Gasteiger partial charge on any atom is -0.495 e. The van der Waals surface area contributed by atoms with E-state index in [1.54, 1.807) is 26.6 Å². The zero-order valence-electron chi connectivity index (χ0n) is 27.8. The van der Waals surface area contributed by atoms with Gasteiger partial charge in [-0.2, -0.15) is 0 Å². The van der Waals surface area contributed by atoms with Crippen molar-refractivity contribution in [2.45, 2.75) is 89.1 Å². The summed E-state index contributed by atoms with van der Waals surface area (Å²) in [6, 6.07) is 7.98. The summed E-state index contributed by atoms with van der Waals surface area (Å²) < 4.78 is 16.8. The van der Waals surface area contributed by atoms with Gasteiger partial charge in [0.25, 0.3) is 0 Å². The number of aryl methyl sites for hydroxylation is 1. The van der Waals surface area contributed by atoms with Gasteiger partial charge in [-0.25, -0.2) is 14.8 Å². The number of ether oxygens (including phenoxy) is 2. The van der Waals surface area contributed by atoms with Crippen LogP contribution in [-0.4, -0.2) is 76.9 Å². The maximum atomic E-state index is 14.3. The first-order valence-corrected chi connectivity index (χ1v) is 17.1. The van der Waals surface area contributed by atoms with Crippen molar-refractivity contribution in [2.24, 2.45) is 11.8 Å². The van der Waals surface area contributed by atoms with Crippen LogP contribution < -0.4 is 9.64 Å². The molecule has 2 amide bonds. The van der Waals surface area contributed by atoms with Gasteiger partial charge in [0.05, 0.1) is 19.4 Å². The molecule has 6 rings (SSSR count). The summed E-state index contributed by atoms with van der Waals surface area (Å²) in [5.74, 6) is 3.27. The van der Waals surface area contributed by atoms with E-state index >= 15 is 0 Å². The smallest absolute Gasteiger partial charge is 0.409 e. The lowest BCUT2D eigenvalue weighted by Crippen LogP contribution is -2.43. The van der Waals surface area contributed by atoms with Gasteiger partial charge in [0.15, 0.2) is 5.89 Å². The lowest BCUT2D eigenvalue weighted by atomic mass is 9.79. The molecule has 1 N–H and O–H groups in total. The molecule has 3 aromatic rings. The topological polar surface area (TPSA) is 131 Å². The Morgan fingerprint density at radius 2 is 1.72 bits per heavy atom. The third-order valence-corrected chi connectivity index (χ3v) is 10.1. The van der Waals surface area contributed by atoms with Gasteiger partial charge in [-0.05, 0) is 101 Å². The van der Waals surface area contributed by atoms with Gasteiger partial charge in [-0.3, -0.25) is 14.7 Å². The molecule has 0 radical (unpaired) electrons. The summed E-state index contributed by atoms with van der Waals surface area (Å²) in [6.45, 7) is 2.69. The average Bonchev–Trinajstić information content (AvgIpc) is 3.83. The second-order valence-electron chi connectivity index (χ2n) is 13.4. The van der Waals surface area contributed by atoms with E-state index in [1.165, 1.54) is 4.90 Å². The van der Waals surface area contributed by atoms with E-state index < -0.39 is 6.09 Å². The van der Waals surface area contributed by atoms with Gasteiger partial charge in [-0.1, -0.05) is 0 Å². The third kappa shape index (κ3) is 7.94. The first-order chi connectivity index (χ1) is 22.8. The molecule has 0 aliphatic heterocycles. The molecule has 3 aliphatic rings. The Labute approximate surface area is 276 Å². The monoisotopic (exact) mass is 645 g/mol. The predicted octanol–water partition coefficient (Wildman–Crippen LogP) is 6.25. The third-order valence-electron chi connectivity index (χ3n) is 10.1. The number of aliphatic hydroxyl groups is 1. The van der Waals surface area contributed by atoms with Crippen LogP contribution in [0.5, 0.6) is 5.75 Å². The number of carbonyl (C=O) groups is 2. The van der Waals surface area contributed by atoms with Crippen molar-refractivity contribution in [1.82, 2.24) is 19.9 Å². The Balaban J connectivity index is 1.15. The minimum atomic E-state index is -0.440. The first-order valence-electron chi connectivity index (χ1n) is 17.1. The normalized spacial score (nSPS) is 22.8. The molecule has 252 valence electrons. The number of rotatable bonds is 11. The molecule has 0 saturated heterocycles. The molecule has 0 unspecified atom stereocenters. The number of anilines is 1. The molecule has 3 heterocycles. The molecule has 0 bridgehead atoms. The molecule has 0 atom stereocenters. The summed E-state index contributed by atoms with van der Waals surface area (Å²) in [5.41, 5.74) is 3.67. The first kappa shape index (κ1) is 32.9. The largest absolute Gasteiger partial charge is 0.495 e. The number of aromatic nitrogens is 3. The maximum absolute atomic E-state index is 14.3. The Morgan fingerprint density at radius 1 is 0.979 bits per heavy atom. The number of oxazole rings is 1. The molecule has 0 spiro atoms. The van der Waals surface area contributed by atoms with Crippen LogP contribution in [0.25, 0.3) is 11.3 Å². The summed E-state index contributed by atoms with van der Waals surface area (Å²) in [7, 11) is 3.28. The quantitative estimate of drug-likeness (QED) is 0.257. The number of hydrogen-bond donors (Lipinski definition) is 1. The Morgan fingerprint density at radius 3 is 2.40 bits per heavy atom. The number of methoxy groups -OCH3 is 1. The van der Waals surface area contributed by atoms with E-state index in [9.17, 15) is 9.59 Å². The number of hydrogen-bond acceptors (Lipinski definition) is 9. The molecule has 11 heteroatoms. The lowest BCUT2D eigenvalue weighted by Gasteiger charge is -2.35. The van der Waals surface area contributed by atoms with E-state index in [0.29, 0.717) is 55.8 Å². The van der Waals surface area contributed by atoms with Crippen molar-refractivity contribution >= 4 is 17.8 Å². The Kier molecular flexibility index (Phi) is 10.4. The molecular weight excluding hydrogens is 598 g/mol. The van der Waals surface area contributed by atoms with E-state index in [-0.39, 0.29) is 31.1 Å². The summed E-state index contributed by atoms with van der Waals surface area (Å²) in [6.07, 6.45) is 11.6. The van der Waals surface area contributed by atoms with Crippen molar-refractivity contribution in [3.63, 3.8) is 0 Å². The fourth-order valence-electron chi connectivity index (χ4n) is 6.99. The van der Waals surface area contributed by atoms with E-state index in [2.05, 4.69) is 6.07 Å². The number of amides is 2. The van der Waals surface area contributed by atoms with E-state index in [4.69, 9.17) is 33.9 Å². The highest BCUT2D eigenvalue weighted by atomic mass is 16.6. The lowest BCUT2D eigenvalue weighted by molar-refractivity contribution is -0.124. The van der Waals surface area contributed by atoms with Crippen LogP contribution in [0.2, 0.25) is 0 Å². The fourth-order valence-corrected chi connectivity index (χ4v) is 6.99. The number of pyridine rings is 2. The molecule has 3 aromatic heterocycles. The SMILES string of the molecule is COc1ccc([C@H]2CC[C@H](CN(c3cc(-c4coc(C5CC5)n4)ccn3)C(=O)[C@H]3CC[C@H](OC(=O)N(C)CCO)CC3)CC2)nc1C. The Hall–Kier alpha value is -3.99. The predicted molar refractivity (Wildman–Crippen MR) is 176 cm³/mol. The van der Waals surface area contributed by atoms with Crippen molar-refractivity contribution in [3.8, 4) is 17.0 Å². The highest BCUT2D eigenvalue weighted by Crippen LogP contribution is 2.41. The van der Waals surface area contributed by atoms with E-state index in [1.807, 2.05) is 30.0 Å². The van der Waals surface area contributed by atoms with Crippen LogP contribution in [0.4, 0.5) is 10.6 Å². The molecule has 11 nitrogen and oxygen atoms in total. The van der Waals surface area contributed by atoms with Crippen LogP contribution in [0.1, 0.15) is 93.3 Å². The van der Waals surface area contributed by atoms with Crippen molar-refractivity contribution < 1.29 is 28.6 Å². The zero-order chi connectivity index (χ0) is 32.9. The second kappa shape index (κ2) is 14.8. The van der Waals surface area contributed by atoms with Crippen molar-refractivity contribution in [2.75, 3.05) is 38.8 Å². The zero-order valence-corrected chi connectivity index (χ0v) is 27.8. The minimum absolute atomic E-state index is 0.0743. The van der Waals surface area contributed by atoms with Gasteiger partial charge in [-0.15, -0.1) is 0 Å². The van der Waals surface area contributed by atoms with Crippen LogP contribution in [0.15, 0.2) is 41.1 Å². The second-order valence-corrected chi connectivity index (χ2v) is 13.4. The highest BCUT2D eigenvalue weighted by molar-refractivity contribution is 5.94. The fraction of sp³-hybridized carbons (Fsp3) is 0.583. The molecule has 0 aromatic carbocycles. The molecule has 47 heavy (non-hydrogen) atoms. The molecule has 3 saturated carbocycles. The van der Waals surface area contributed by atoms with Gasteiger partial charge >= 0.3 is 6.09 Å². The Bertz CT molecular complexity index is 1520. The highest BCUT2D eigenvalue weighted by Gasteiger charge is 2.35. The summed E-state index contributed by atoms with van der Waals surface area (Å²) in [4.78, 5) is 44.2. The van der Waals surface area contributed by atoms with E-state index in [0.717, 1.165) is 72.8 Å². The van der Waals surface area contributed by atoms with Crippen LogP contribution in [0.3, 0.4) is 0 Å². The number of carbonyl (C=O) groups excluding carboxylic acids is 2. The number of aliphatic hydroxyl groups excluding tert-OH is 1. The molecular formula is C36H47N5O6. The molecule has 3 fully saturated rings. The van der Waals surface area contributed by atoms with Crippen LogP contribution in [0, 0.1) is 18.8 Å². The van der Waals surface area contributed by atoms with Gasteiger partial charge in [0.2, 0.25) is 5.91 Å². The van der Waals surface area contributed by atoms with Crippen molar-refractivity contribution in [3.05, 3.63) is 54.0 Å². The number of nitrogens with zero attached hydrogens (tertiary/aromatic N) is 5. The van der Waals surface area contributed by atoms with Gasteiger partial charge < -0.3 is 23.9 Å². The van der Waals surface area contributed by atoms with Gasteiger partial charge in [0.1, 0.15) is 29.6 Å². The number of likely N-dealkylation sites (N-methyl/N-ethyl adjacent to an activating group) is 1. The maximum Gasteiger partial charge on any atom is 0.409 e. The summed E-state index contributed by atoms with van der Waals surface area (Å²) in [5, 5.41) is 9.14. The standard InChI is InChI=1S/C36H47N5O6/c1-23-32(45-3)15-14-30(38-23)25-6-4-24(5-7-25)21-41(33-20-28(16-17-37-33)31-22-46-34(39-31)26-8-9-26)35(43)27-10-12-29(13-11-27)47-36(44)40(2)18-19-42/h14-17,20,22,24-27,29,42H,4-13,18-19,21H2,1-3H3/t24-,25-,27-,29-. The van der Waals surface area contributed by atoms with Crippen LogP contribution in [-0.2, 0) is 9.53 Å². The molecule has 3 aliphatic carbocycles. The van der Waals surface area contributed by atoms with Crippen LogP contribution >= 0.6 is 0 Å². The van der Waals surface area contributed by atoms with Gasteiger partial charge in [0, 0.05) is 55.3 Å². The summed E-state index contributed by atoms with van der Waals surface area (Å²) >= 11 is 0. The van der Waals surface area contributed by atoms with Crippen molar-refractivity contribution in [1.29, 1.82) is 0 Å². The average molecular weight is 646 g/mol.